The van der Waals surface area contributed by atoms with E-state index < -0.39 is 99.7 Å². The van der Waals surface area contributed by atoms with E-state index in [0.717, 1.165) is 0 Å². The first-order chi connectivity index (χ1) is 34.2. The molecular weight excluding hydrogens is 773 g/mol. The lowest BCUT2D eigenvalue weighted by molar-refractivity contribution is -0.132. The van der Waals surface area contributed by atoms with Crippen LogP contribution in [0, 0.1) is 10.8 Å². The standard InChI is InChI=1S/C44H64N6O10/c1-43(2,3)37(48-42(55)60-27-26-59-25-24-58-23-22-56-7)39(52)46-35(28-31-14-10-9-11-15-31)36(51)30-50(49-40(53)38(44(4,5)6)47-41(54)57-8)29-32-17-19-33(20-18-32)34-16-12-13-21-45-34/h9-21,35-38,51H,22-30H2,1-8H3,(H,46,52)(H,47,54)(H,48,55)(H,49,53)/t35-,36-,37+,38+/m0/s1/i4D3,5D3,6D3,8D3,29D2. The third-order valence-corrected chi connectivity index (χ3v) is 8.52. The van der Waals surface area contributed by atoms with Crippen molar-refractivity contribution in [3.8, 4) is 11.3 Å². The topological polar surface area (TPSA) is 199 Å². The molecule has 330 valence electrons. The van der Waals surface area contributed by atoms with Crippen LogP contribution in [0.25, 0.3) is 11.3 Å². The number of hydrazine groups is 1. The van der Waals surface area contributed by atoms with Gasteiger partial charge in [0.15, 0.2) is 0 Å². The van der Waals surface area contributed by atoms with E-state index in [4.69, 9.17) is 35.4 Å². The summed E-state index contributed by atoms with van der Waals surface area (Å²) in [7, 11) is -2.07. The summed E-state index contributed by atoms with van der Waals surface area (Å²) in [6.45, 7) is -11.0. The van der Waals surface area contributed by atoms with Crippen molar-refractivity contribution in [1.29, 1.82) is 0 Å². The summed E-state index contributed by atoms with van der Waals surface area (Å²) in [4.78, 5) is 59.4. The van der Waals surface area contributed by atoms with Crippen LogP contribution in [0.1, 0.15) is 71.6 Å². The maximum absolute atomic E-state index is 14.7. The fourth-order valence-electron chi connectivity index (χ4n) is 5.46. The lowest BCUT2D eigenvalue weighted by Crippen LogP contribution is -2.61. The van der Waals surface area contributed by atoms with E-state index in [1.54, 1.807) is 69.3 Å². The molecule has 0 fully saturated rings. The number of nitrogens with zero attached hydrogens (tertiary/aromatic N) is 2. The van der Waals surface area contributed by atoms with Gasteiger partial charge >= 0.3 is 12.2 Å². The van der Waals surface area contributed by atoms with Crippen LogP contribution in [-0.2, 0) is 46.2 Å². The summed E-state index contributed by atoms with van der Waals surface area (Å²) in [5, 5.41) is 19.3. The molecular formula is C44H64N6O10. The van der Waals surface area contributed by atoms with Crippen LogP contribution >= 0.6 is 0 Å². The predicted molar refractivity (Wildman–Crippen MR) is 226 cm³/mol. The number of nitrogens with one attached hydrogen (secondary N) is 4. The molecule has 0 aliphatic carbocycles. The fraction of sp³-hybridized carbons (Fsp3) is 0.523. The van der Waals surface area contributed by atoms with Gasteiger partial charge in [-0.2, -0.15) is 0 Å². The third kappa shape index (κ3) is 17.6. The summed E-state index contributed by atoms with van der Waals surface area (Å²) >= 11 is 0. The average Bonchev–Trinajstić information content (AvgIpc) is 3.27. The Kier molecular flexibility index (Phi) is 13.1. The van der Waals surface area contributed by atoms with Gasteiger partial charge in [-0.15, -0.1) is 0 Å². The number of hydrogen-bond donors (Lipinski definition) is 5. The van der Waals surface area contributed by atoms with Gasteiger partial charge in [-0.05, 0) is 40.5 Å². The summed E-state index contributed by atoms with van der Waals surface area (Å²) in [6.07, 6.45) is -3.86. The highest BCUT2D eigenvalue weighted by atomic mass is 16.6. The number of aromatic nitrogens is 1. The molecule has 4 amide bonds. The van der Waals surface area contributed by atoms with Crippen LogP contribution in [0.5, 0.6) is 0 Å². The molecule has 0 bridgehead atoms. The van der Waals surface area contributed by atoms with Gasteiger partial charge in [0.25, 0.3) is 5.91 Å². The van der Waals surface area contributed by atoms with Crippen molar-refractivity contribution < 1.29 is 67.2 Å². The Morgan fingerprint density at radius 3 is 2.02 bits per heavy atom. The highest BCUT2D eigenvalue weighted by Crippen LogP contribution is 2.23. The van der Waals surface area contributed by atoms with E-state index in [1.165, 1.54) is 42.9 Å². The molecule has 0 saturated carbocycles. The number of methoxy groups -OCH3 is 2. The molecule has 4 atom stereocenters. The van der Waals surface area contributed by atoms with Gasteiger partial charge in [-0.25, -0.2) is 14.6 Å². The minimum atomic E-state index is -4.27. The van der Waals surface area contributed by atoms with Crippen molar-refractivity contribution in [2.45, 2.75) is 78.5 Å². The van der Waals surface area contributed by atoms with Gasteiger partial charge in [-0.1, -0.05) is 102 Å². The van der Waals surface area contributed by atoms with Crippen molar-refractivity contribution in [3.05, 3.63) is 90.1 Å². The molecule has 1 heterocycles. The highest BCUT2D eigenvalue weighted by Gasteiger charge is 2.37. The van der Waals surface area contributed by atoms with Crippen LogP contribution in [0.4, 0.5) is 9.59 Å². The van der Waals surface area contributed by atoms with Crippen LogP contribution in [0.15, 0.2) is 79.0 Å². The van der Waals surface area contributed by atoms with Crippen LogP contribution in [0.3, 0.4) is 0 Å². The molecule has 5 N–H and O–H groups in total. The molecule has 3 rings (SSSR count). The molecule has 0 aliphatic heterocycles. The molecule has 60 heavy (non-hydrogen) atoms. The average molecular weight is 851 g/mol. The number of carbonyl (C=O) groups excluding carboxylic acids is 4. The number of hydrogen-bond acceptors (Lipinski definition) is 12. The van der Waals surface area contributed by atoms with Crippen molar-refractivity contribution in [3.63, 3.8) is 0 Å². The number of aliphatic hydroxyl groups is 1. The van der Waals surface area contributed by atoms with Crippen LogP contribution in [0.2, 0.25) is 0 Å². The largest absolute Gasteiger partial charge is 0.453 e. The summed E-state index contributed by atoms with van der Waals surface area (Å²) in [6, 6.07) is 12.5. The number of ether oxygens (including phenoxy) is 5. The van der Waals surface area contributed by atoms with E-state index in [1.807, 2.05) is 5.43 Å². The second-order valence-corrected chi connectivity index (χ2v) is 14.4. The summed E-state index contributed by atoms with van der Waals surface area (Å²) < 4.78 is 141. The zero-order chi connectivity index (χ0) is 55.9. The minimum Gasteiger partial charge on any atom is -0.453 e. The van der Waals surface area contributed by atoms with Gasteiger partial charge in [0.05, 0.1) is 64.8 Å². The van der Waals surface area contributed by atoms with E-state index in [0.29, 0.717) is 35.0 Å². The first kappa shape index (κ1) is 31.7. The normalized spacial score (nSPS) is 18.2. The fourth-order valence-corrected chi connectivity index (χ4v) is 5.46. The predicted octanol–water partition coefficient (Wildman–Crippen LogP) is 4.26. The quantitative estimate of drug-likeness (QED) is 0.0673. The van der Waals surface area contributed by atoms with E-state index >= 15 is 0 Å². The first-order valence-electron chi connectivity index (χ1n) is 25.9. The molecule has 0 spiro atoms. The molecule has 16 nitrogen and oxygen atoms in total. The zero-order valence-corrected chi connectivity index (χ0v) is 34.0. The number of amides is 4. The van der Waals surface area contributed by atoms with Crippen LogP contribution in [-0.4, -0.2) is 124 Å². The van der Waals surface area contributed by atoms with Crippen molar-refractivity contribution >= 4 is 24.0 Å². The number of benzene rings is 2. The lowest BCUT2D eigenvalue weighted by Gasteiger charge is -2.35. The number of pyridine rings is 1. The Labute approximate surface area is 373 Å². The molecule has 0 unspecified atom stereocenters. The minimum absolute atomic E-state index is 0.0135. The van der Waals surface area contributed by atoms with Gasteiger partial charge in [0.1, 0.15) is 18.7 Å². The van der Waals surface area contributed by atoms with Gasteiger partial charge in [0.2, 0.25) is 5.91 Å². The molecule has 1 aromatic heterocycles. The van der Waals surface area contributed by atoms with Gasteiger partial charge in [-0.3, -0.25) is 20.0 Å². The molecule has 2 aromatic carbocycles. The number of aliphatic hydroxyl groups excluding tert-OH is 1. The molecule has 0 saturated heterocycles. The van der Waals surface area contributed by atoms with E-state index in [9.17, 15) is 27.0 Å². The van der Waals surface area contributed by atoms with Crippen molar-refractivity contribution in [2.24, 2.45) is 10.8 Å². The highest BCUT2D eigenvalue weighted by molar-refractivity contribution is 5.87. The second-order valence-electron chi connectivity index (χ2n) is 14.4. The Morgan fingerprint density at radius 1 is 0.767 bits per heavy atom. The Hall–Kier alpha value is -5.13. The maximum Gasteiger partial charge on any atom is 0.407 e. The van der Waals surface area contributed by atoms with Gasteiger partial charge in [0, 0.05) is 44.2 Å². The Balaban J connectivity index is 2.16. The van der Waals surface area contributed by atoms with E-state index in [-0.39, 0.29) is 38.4 Å². The van der Waals surface area contributed by atoms with Crippen molar-refractivity contribution in [1.82, 2.24) is 31.4 Å². The first-order valence-corrected chi connectivity index (χ1v) is 18.9. The molecule has 16 heteroatoms. The smallest absolute Gasteiger partial charge is 0.407 e. The Morgan fingerprint density at radius 2 is 1.40 bits per heavy atom. The third-order valence-electron chi connectivity index (χ3n) is 8.52. The molecule has 3 aromatic rings. The van der Waals surface area contributed by atoms with Crippen LogP contribution < -0.4 is 21.4 Å². The van der Waals surface area contributed by atoms with Crippen molar-refractivity contribution in [2.75, 3.05) is 60.3 Å². The monoisotopic (exact) mass is 851 g/mol. The van der Waals surface area contributed by atoms with Gasteiger partial charge < -0.3 is 44.7 Å². The lowest BCUT2D eigenvalue weighted by atomic mass is 9.85. The number of carbonyl (C=O) groups is 4. The maximum atomic E-state index is 14.7. The number of rotatable bonds is 23. The summed E-state index contributed by atoms with van der Waals surface area (Å²) in [5.41, 5.74) is -2.15. The Bertz CT molecular complexity index is 2220. The zero-order valence-electron chi connectivity index (χ0n) is 48.0. The SMILES string of the molecule is [2H]C([2H])([2H])OC(=O)N[C@H](C(=O)NN(C[C@H](O)[C@H](Cc1ccccc1)NC(=O)[C@@H](NC(=O)OCCOCCOCCOC)C(C)(C)C)C([2H])([2H])c1ccc(-c2ccccn2)cc1)C(C([2H])([2H])[2H])(C([2H])([2H])[2H])C([2H])([2H])[2H]. The molecule has 0 radical (unpaired) electrons. The second kappa shape index (κ2) is 24.8. The van der Waals surface area contributed by atoms with E-state index in [2.05, 4.69) is 20.4 Å². The number of alkyl carbamates (subject to hydrolysis) is 2. The molecule has 0 aliphatic rings. The summed E-state index contributed by atoms with van der Waals surface area (Å²) in [5.74, 6) is -2.91.